The van der Waals surface area contributed by atoms with Crippen LogP contribution in [0.2, 0.25) is 0 Å². The number of imidazole rings is 1. The van der Waals surface area contributed by atoms with Crippen LogP contribution in [0.15, 0.2) is 12.7 Å². The van der Waals surface area contributed by atoms with E-state index in [0.717, 1.165) is 0 Å². The van der Waals surface area contributed by atoms with Gasteiger partial charge in [-0.25, -0.2) is 15.0 Å². The van der Waals surface area contributed by atoms with Crippen LogP contribution in [0.4, 0.5) is 5.82 Å². The fraction of sp³-hybridized carbons (Fsp3) is 0.647. The lowest BCUT2D eigenvalue weighted by Crippen LogP contribution is -2.58. The maximum Gasteiger partial charge on any atom is 0.240 e. The quantitative estimate of drug-likeness (QED) is 0.438. The van der Waals surface area contributed by atoms with Gasteiger partial charge in [0.2, 0.25) is 5.91 Å². The largest absolute Gasteiger partial charge is 0.391 e. The second-order valence-corrected chi connectivity index (χ2v) is 7.14. The minimum atomic E-state index is -0.665. The number of nitrogens with zero attached hydrogens (tertiary/aromatic N) is 3. The highest BCUT2D eigenvalue weighted by molar-refractivity contribution is 5.83. The molecular formula is C17H25N7O4. The average molecular weight is 391 g/mol. The summed E-state index contributed by atoms with van der Waals surface area (Å²) < 4.78 is 11.7. The number of aliphatic hydroxyl groups is 1. The third kappa shape index (κ3) is 3.65. The summed E-state index contributed by atoms with van der Waals surface area (Å²) in [5.74, 6) is 0.351. The third-order valence-corrected chi connectivity index (χ3v) is 5.36. The van der Waals surface area contributed by atoms with E-state index < -0.39 is 18.4 Å². The molecule has 0 aliphatic carbocycles. The van der Waals surface area contributed by atoms with Crippen molar-refractivity contribution in [1.82, 2.24) is 30.6 Å². The standard InChI is InChI=1S/C17H25N7O4/c1-8-9(23-16(26)12-10(25)3-4-18-12)5-11(27-2)17(28-8)24-15-13-14(20-6-19-13)21-7-22-15/h6-12,17-18,25H,3-5H2,1-2H3,(H,23,26)(H2,19,20,21,22,24)/t8-,9+,10-,11-,12+,17-/m0/s1. The summed E-state index contributed by atoms with van der Waals surface area (Å²) in [6.45, 7) is 2.53. The Morgan fingerprint density at radius 1 is 1.39 bits per heavy atom. The van der Waals surface area contributed by atoms with Gasteiger partial charge in [-0.05, 0) is 19.9 Å². The number of aromatic nitrogens is 4. The van der Waals surface area contributed by atoms with E-state index in [1.165, 1.54) is 6.33 Å². The number of aromatic amines is 1. The van der Waals surface area contributed by atoms with Crippen LogP contribution in [0.1, 0.15) is 19.8 Å². The molecule has 152 valence electrons. The van der Waals surface area contributed by atoms with E-state index in [-0.39, 0.29) is 24.2 Å². The summed E-state index contributed by atoms with van der Waals surface area (Å²) in [6, 6.07) is -0.818. The Balaban J connectivity index is 1.43. The molecule has 4 heterocycles. The lowest BCUT2D eigenvalue weighted by molar-refractivity contribution is -0.139. The highest BCUT2D eigenvalue weighted by Gasteiger charge is 2.39. The minimum Gasteiger partial charge on any atom is -0.391 e. The Kier molecular flexibility index (Phi) is 5.40. The number of carbonyl (C=O) groups is 1. The zero-order valence-electron chi connectivity index (χ0n) is 15.8. The molecule has 2 aliphatic rings. The molecule has 2 saturated heterocycles. The molecule has 2 aromatic heterocycles. The first-order valence-corrected chi connectivity index (χ1v) is 9.37. The Labute approximate surface area is 161 Å². The van der Waals surface area contributed by atoms with E-state index >= 15 is 0 Å². The molecule has 0 unspecified atom stereocenters. The molecule has 0 radical (unpaired) electrons. The summed E-state index contributed by atoms with van der Waals surface area (Å²) in [4.78, 5) is 28.0. The molecule has 0 saturated carbocycles. The van der Waals surface area contributed by atoms with Gasteiger partial charge in [-0.15, -0.1) is 0 Å². The molecule has 4 rings (SSSR count). The van der Waals surface area contributed by atoms with Gasteiger partial charge in [-0.2, -0.15) is 0 Å². The Morgan fingerprint density at radius 3 is 3.00 bits per heavy atom. The smallest absolute Gasteiger partial charge is 0.240 e. The van der Waals surface area contributed by atoms with E-state index in [0.29, 0.717) is 36.4 Å². The van der Waals surface area contributed by atoms with Gasteiger partial charge in [0.05, 0.1) is 24.6 Å². The number of fused-ring (bicyclic) bond motifs is 1. The highest BCUT2D eigenvalue weighted by atomic mass is 16.6. The van der Waals surface area contributed by atoms with Gasteiger partial charge in [-0.1, -0.05) is 0 Å². The number of amides is 1. The molecule has 6 atom stereocenters. The van der Waals surface area contributed by atoms with Crippen LogP contribution in [-0.4, -0.2) is 81.2 Å². The Bertz CT molecular complexity index is 831. The fourth-order valence-corrected chi connectivity index (χ4v) is 3.74. The van der Waals surface area contributed by atoms with Crippen LogP contribution < -0.4 is 16.0 Å². The molecule has 0 bridgehead atoms. The fourth-order valence-electron chi connectivity index (χ4n) is 3.74. The van der Waals surface area contributed by atoms with Crippen molar-refractivity contribution in [1.29, 1.82) is 0 Å². The van der Waals surface area contributed by atoms with Crippen molar-refractivity contribution >= 4 is 22.9 Å². The molecule has 1 amide bonds. The molecule has 11 nitrogen and oxygen atoms in total. The van der Waals surface area contributed by atoms with E-state index in [2.05, 4.69) is 35.9 Å². The summed E-state index contributed by atoms with van der Waals surface area (Å²) in [5.41, 5.74) is 1.24. The number of rotatable bonds is 5. The van der Waals surface area contributed by atoms with Gasteiger partial charge in [0, 0.05) is 13.5 Å². The van der Waals surface area contributed by atoms with Crippen LogP contribution >= 0.6 is 0 Å². The lowest BCUT2D eigenvalue weighted by Gasteiger charge is -2.40. The van der Waals surface area contributed by atoms with Crippen molar-refractivity contribution in [3.8, 4) is 0 Å². The Morgan fingerprint density at radius 2 is 2.25 bits per heavy atom. The summed E-state index contributed by atoms with van der Waals surface area (Å²) in [6.07, 6.45) is 2.43. The van der Waals surface area contributed by atoms with Crippen molar-refractivity contribution < 1.29 is 19.4 Å². The number of hydrogen-bond acceptors (Lipinski definition) is 9. The third-order valence-electron chi connectivity index (χ3n) is 5.36. The topological polar surface area (TPSA) is 146 Å². The van der Waals surface area contributed by atoms with E-state index in [9.17, 15) is 9.90 Å². The first-order valence-electron chi connectivity index (χ1n) is 9.37. The first-order chi connectivity index (χ1) is 13.6. The summed E-state index contributed by atoms with van der Waals surface area (Å²) >= 11 is 0. The van der Waals surface area contributed by atoms with Gasteiger partial charge in [-0.3, -0.25) is 4.79 Å². The van der Waals surface area contributed by atoms with Crippen molar-refractivity contribution in [2.45, 2.75) is 56.4 Å². The molecule has 5 N–H and O–H groups in total. The number of methoxy groups -OCH3 is 1. The molecule has 11 heteroatoms. The molecule has 28 heavy (non-hydrogen) atoms. The number of hydrogen-bond donors (Lipinski definition) is 5. The Hall–Kier alpha value is -2.34. The van der Waals surface area contributed by atoms with Gasteiger partial charge >= 0.3 is 0 Å². The monoisotopic (exact) mass is 391 g/mol. The number of carbonyl (C=O) groups excluding carboxylic acids is 1. The van der Waals surface area contributed by atoms with Crippen LogP contribution in [-0.2, 0) is 14.3 Å². The maximum atomic E-state index is 12.5. The second kappa shape index (κ2) is 7.95. The predicted octanol–water partition coefficient (Wildman–Crippen LogP) is -0.878. The van der Waals surface area contributed by atoms with Crippen molar-refractivity contribution in [2.75, 3.05) is 19.0 Å². The number of H-pyrrole nitrogens is 1. The summed E-state index contributed by atoms with van der Waals surface area (Å²) in [5, 5.41) is 19.2. The van der Waals surface area contributed by atoms with Crippen LogP contribution in [0.3, 0.4) is 0 Å². The van der Waals surface area contributed by atoms with E-state index in [1.54, 1.807) is 13.4 Å². The normalized spacial score (nSPS) is 33.1. The van der Waals surface area contributed by atoms with E-state index in [1.807, 2.05) is 6.92 Å². The van der Waals surface area contributed by atoms with Crippen molar-refractivity contribution in [3.05, 3.63) is 12.7 Å². The zero-order chi connectivity index (χ0) is 19.7. The molecule has 2 aromatic rings. The predicted molar refractivity (Wildman–Crippen MR) is 99.4 cm³/mol. The van der Waals surface area contributed by atoms with Crippen LogP contribution in [0, 0.1) is 0 Å². The molecule has 2 fully saturated rings. The summed E-state index contributed by atoms with van der Waals surface area (Å²) in [7, 11) is 1.60. The maximum absolute atomic E-state index is 12.5. The zero-order valence-corrected chi connectivity index (χ0v) is 15.8. The SMILES string of the molecule is CO[C@H]1C[C@@H](NC(=O)[C@@H]2NCC[C@@H]2O)[C@H](C)O[C@@H]1Nc1ncnc2nc[nH]c12. The molecule has 2 aliphatic heterocycles. The van der Waals surface area contributed by atoms with Crippen LogP contribution in [0.25, 0.3) is 11.2 Å². The molecule has 0 spiro atoms. The molecular weight excluding hydrogens is 366 g/mol. The first kappa shape index (κ1) is 19.0. The highest BCUT2D eigenvalue weighted by Crippen LogP contribution is 2.25. The number of nitrogens with one attached hydrogen (secondary N) is 4. The number of ether oxygens (including phenoxy) is 2. The minimum absolute atomic E-state index is 0.221. The number of aliphatic hydroxyl groups excluding tert-OH is 1. The van der Waals surface area contributed by atoms with Crippen LogP contribution in [0.5, 0.6) is 0 Å². The van der Waals surface area contributed by atoms with Gasteiger partial charge < -0.3 is 35.5 Å². The van der Waals surface area contributed by atoms with Gasteiger partial charge in [0.25, 0.3) is 0 Å². The number of anilines is 1. The van der Waals surface area contributed by atoms with E-state index in [4.69, 9.17) is 9.47 Å². The lowest BCUT2D eigenvalue weighted by atomic mass is 9.98. The van der Waals surface area contributed by atoms with Crippen molar-refractivity contribution in [2.24, 2.45) is 0 Å². The van der Waals surface area contributed by atoms with Crippen molar-refractivity contribution in [3.63, 3.8) is 0 Å². The second-order valence-electron chi connectivity index (χ2n) is 7.14. The van der Waals surface area contributed by atoms with Gasteiger partial charge in [0.1, 0.15) is 24.0 Å². The molecule has 0 aromatic carbocycles. The van der Waals surface area contributed by atoms with Gasteiger partial charge in [0.15, 0.2) is 17.7 Å². The average Bonchev–Trinajstić information content (AvgIpc) is 3.33.